The molecule has 1 aromatic rings. The predicted molar refractivity (Wildman–Crippen MR) is 86.9 cm³/mol. The quantitative estimate of drug-likeness (QED) is 0.603. The zero-order chi connectivity index (χ0) is 17.6. The van der Waals surface area contributed by atoms with Gasteiger partial charge >= 0.3 is 12.0 Å². The monoisotopic (exact) mass is 351 g/mol. The standard InChI is InChI=1S/C16H18ClN3O4/c1-8-6-12(17)9(2)18-14(8)20-15(22)13-7-11(24-10(3)21)4-5-19(13)16(20)23/h6,11,13H,4-5,7H2,1-3H3. The van der Waals surface area contributed by atoms with E-state index in [-0.39, 0.29) is 24.0 Å². The number of rotatable bonds is 2. The van der Waals surface area contributed by atoms with Gasteiger partial charge in [0.15, 0.2) is 0 Å². The molecular formula is C16H18ClN3O4. The molecule has 2 aliphatic heterocycles. The Hall–Kier alpha value is -2.15. The molecule has 7 nitrogen and oxygen atoms in total. The van der Waals surface area contributed by atoms with E-state index < -0.39 is 6.04 Å². The second-order valence-electron chi connectivity index (χ2n) is 6.12. The van der Waals surface area contributed by atoms with E-state index in [0.717, 1.165) is 4.90 Å². The molecular weight excluding hydrogens is 334 g/mol. The number of anilines is 1. The first-order valence-corrected chi connectivity index (χ1v) is 8.13. The van der Waals surface area contributed by atoms with Crippen LogP contribution >= 0.6 is 11.6 Å². The van der Waals surface area contributed by atoms with Gasteiger partial charge in [-0.05, 0) is 25.5 Å². The first-order chi connectivity index (χ1) is 11.3. The molecule has 0 spiro atoms. The smallest absolute Gasteiger partial charge is 0.333 e. The minimum Gasteiger partial charge on any atom is -0.462 e. The van der Waals surface area contributed by atoms with Gasteiger partial charge in [-0.25, -0.2) is 14.7 Å². The Bertz CT molecular complexity index is 736. The van der Waals surface area contributed by atoms with E-state index in [1.54, 1.807) is 19.9 Å². The highest BCUT2D eigenvalue weighted by Gasteiger charge is 2.50. The van der Waals surface area contributed by atoms with E-state index in [2.05, 4.69) is 4.98 Å². The fraction of sp³-hybridized carbons (Fsp3) is 0.500. The Labute approximate surface area is 144 Å². The van der Waals surface area contributed by atoms with Gasteiger partial charge in [0.05, 0.1) is 10.7 Å². The number of amides is 3. The molecule has 2 atom stereocenters. The molecule has 0 N–H and O–H groups in total. The summed E-state index contributed by atoms with van der Waals surface area (Å²) in [5.74, 6) is -0.410. The van der Waals surface area contributed by atoms with Crippen LogP contribution in [0.3, 0.4) is 0 Å². The van der Waals surface area contributed by atoms with Crippen molar-refractivity contribution in [1.82, 2.24) is 9.88 Å². The molecule has 2 saturated heterocycles. The van der Waals surface area contributed by atoms with Crippen LogP contribution in [0, 0.1) is 13.8 Å². The number of hydrogen-bond donors (Lipinski definition) is 0. The van der Waals surface area contributed by atoms with Crippen molar-refractivity contribution >= 4 is 35.3 Å². The van der Waals surface area contributed by atoms with E-state index in [9.17, 15) is 14.4 Å². The molecule has 3 amide bonds. The summed E-state index contributed by atoms with van der Waals surface area (Å²) in [6.07, 6.45) is 0.489. The lowest BCUT2D eigenvalue weighted by Gasteiger charge is -2.31. The van der Waals surface area contributed by atoms with Gasteiger partial charge in [0.2, 0.25) is 0 Å². The molecule has 2 aliphatic rings. The van der Waals surface area contributed by atoms with Gasteiger partial charge in [0.1, 0.15) is 18.0 Å². The van der Waals surface area contributed by atoms with Gasteiger partial charge in [-0.3, -0.25) is 9.59 Å². The van der Waals surface area contributed by atoms with Gasteiger partial charge in [-0.15, -0.1) is 0 Å². The maximum atomic E-state index is 12.8. The molecule has 1 aromatic heterocycles. The van der Waals surface area contributed by atoms with Crippen molar-refractivity contribution in [3.63, 3.8) is 0 Å². The highest BCUT2D eigenvalue weighted by Crippen LogP contribution is 2.33. The summed E-state index contributed by atoms with van der Waals surface area (Å²) >= 11 is 6.05. The molecule has 3 heterocycles. The van der Waals surface area contributed by atoms with E-state index in [4.69, 9.17) is 16.3 Å². The molecule has 0 aromatic carbocycles. The molecule has 0 saturated carbocycles. The third kappa shape index (κ3) is 2.73. The number of urea groups is 1. The van der Waals surface area contributed by atoms with Crippen molar-refractivity contribution in [2.75, 3.05) is 11.4 Å². The van der Waals surface area contributed by atoms with Crippen molar-refractivity contribution in [3.8, 4) is 0 Å². The van der Waals surface area contributed by atoms with Crippen LogP contribution in [0.2, 0.25) is 5.02 Å². The van der Waals surface area contributed by atoms with Crippen LogP contribution in [0.15, 0.2) is 6.07 Å². The summed E-state index contributed by atoms with van der Waals surface area (Å²) in [4.78, 5) is 43.5. The maximum absolute atomic E-state index is 12.8. The number of hydrogen-bond acceptors (Lipinski definition) is 5. The molecule has 0 aliphatic carbocycles. The Morgan fingerprint density at radius 3 is 2.75 bits per heavy atom. The average Bonchev–Trinajstić information content (AvgIpc) is 2.74. The molecule has 24 heavy (non-hydrogen) atoms. The number of fused-ring (bicyclic) bond motifs is 1. The van der Waals surface area contributed by atoms with E-state index >= 15 is 0 Å². The van der Waals surface area contributed by atoms with Gasteiger partial charge < -0.3 is 9.64 Å². The topological polar surface area (TPSA) is 79.8 Å². The third-order valence-corrected chi connectivity index (χ3v) is 4.74. The Morgan fingerprint density at radius 2 is 2.08 bits per heavy atom. The SMILES string of the molecule is CC(=O)OC1CCN2C(=O)N(c3nc(C)c(Cl)cc3C)C(=O)C2C1. The number of pyridine rings is 1. The largest absolute Gasteiger partial charge is 0.462 e. The number of imide groups is 1. The van der Waals surface area contributed by atoms with Crippen LogP contribution in [0.5, 0.6) is 0 Å². The first kappa shape index (κ1) is 16.7. The highest BCUT2D eigenvalue weighted by molar-refractivity contribution is 6.31. The van der Waals surface area contributed by atoms with Crippen LogP contribution in [-0.4, -0.2) is 46.5 Å². The summed E-state index contributed by atoms with van der Waals surface area (Å²) in [6.45, 7) is 5.19. The Balaban J connectivity index is 1.90. The Morgan fingerprint density at radius 1 is 1.38 bits per heavy atom. The average molecular weight is 352 g/mol. The summed E-state index contributed by atoms with van der Waals surface area (Å²) in [6, 6.07) is 0.690. The number of carbonyl (C=O) groups excluding carboxylic acids is 3. The van der Waals surface area contributed by atoms with Crippen molar-refractivity contribution in [1.29, 1.82) is 0 Å². The summed E-state index contributed by atoms with van der Waals surface area (Å²) < 4.78 is 5.20. The van der Waals surface area contributed by atoms with Crippen molar-refractivity contribution in [2.24, 2.45) is 0 Å². The molecule has 0 bridgehead atoms. The highest BCUT2D eigenvalue weighted by atomic mass is 35.5. The van der Waals surface area contributed by atoms with Crippen LogP contribution in [0.25, 0.3) is 0 Å². The zero-order valence-corrected chi connectivity index (χ0v) is 14.5. The second-order valence-corrected chi connectivity index (χ2v) is 6.52. The number of halogens is 1. The molecule has 3 rings (SSSR count). The second kappa shape index (κ2) is 6.05. The minimum absolute atomic E-state index is 0.310. The number of nitrogens with zero attached hydrogens (tertiary/aromatic N) is 3. The van der Waals surface area contributed by atoms with Gasteiger partial charge in [0, 0.05) is 26.3 Å². The fourth-order valence-corrected chi connectivity index (χ4v) is 3.40. The van der Waals surface area contributed by atoms with Crippen molar-refractivity contribution in [2.45, 2.75) is 45.8 Å². The molecule has 128 valence electrons. The summed E-state index contributed by atoms with van der Waals surface area (Å²) in [7, 11) is 0. The Kier molecular flexibility index (Phi) is 4.21. The molecule has 0 radical (unpaired) electrons. The minimum atomic E-state index is -0.618. The van der Waals surface area contributed by atoms with Crippen LogP contribution < -0.4 is 4.90 Å². The van der Waals surface area contributed by atoms with Gasteiger partial charge in [-0.1, -0.05) is 11.6 Å². The zero-order valence-electron chi connectivity index (χ0n) is 13.7. The molecule has 2 unspecified atom stereocenters. The lowest BCUT2D eigenvalue weighted by Crippen LogP contribution is -2.45. The summed E-state index contributed by atoms with van der Waals surface area (Å²) in [5, 5.41) is 0.489. The number of piperidine rings is 1. The maximum Gasteiger partial charge on any atom is 0.333 e. The normalized spacial score (nSPS) is 23.5. The number of carbonyl (C=O) groups is 3. The fourth-order valence-electron chi connectivity index (χ4n) is 3.19. The van der Waals surface area contributed by atoms with E-state index in [0.29, 0.717) is 41.5 Å². The van der Waals surface area contributed by atoms with E-state index in [1.165, 1.54) is 11.8 Å². The van der Waals surface area contributed by atoms with E-state index in [1.807, 2.05) is 0 Å². The third-order valence-electron chi connectivity index (χ3n) is 4.36. The number of aryl methyl sites for hydroxylation is 2. The van der Waals surface area contributed by atoms with Crippen LogP contribution in [-0.2, 0) is 14.3 Å². The van der Waals surface area contributed by atoms with Crippen molar-refractivity contribution in [3.05, 3.63) is 22.3 Å². The molecule has 2 fully saturated rings. The number of esters is 1. The molecule has 8 heteroatoms. The van der Waals surface area contributed by atoms with Crippen molar-refractivity contribution < 1.29 is 19.1 Å². The summed E-state index contributed by atoms with van der Waals surface area (Å²) in [5.41, 5.74) is 1.21. The lowest BCUT2D eigenvalue weighted by atomic mass is 10.0. The lowest BCUT2D eigenvalue weighted by molar-refractivity contribution is -0.149. The van der Waals surface area contributed by atoms with Gasteiger partial charge in [0.25, 0.3) is 5.91 Å². The first-order valence-electron chi connectivity index (χ1n) is 7.75. The van der Waals surface area contributed by atoms with Gasteiger partial charge in [-0.2, -0.15) is 0 Å². The van der Waals surface area contributed by atoms with Crippen LogP contribution in [0.4, 0.5) is 10.6 Å². The van der Waals surface area contributed by atoms with Crippen LogP contribution in [0.1, 0.15) is 31.0 Å². The predicted octanol–water partition coefficient (Wildman–Crippen LogP) is 2.21. The number of aromatic nitrogens is 1. The number of ether oxygens (including phenoxy) is 1.